The number of nitrogens with zero attached hydrogens (tertiary/aromatic N) is 2. The van der Waals surface area contributed by atoms with Crippen LogP contribution in [0.1, 0.15) is 0 Å². The number of hydrogen-bond donors (Lipinski definition) is 0. The molecule has 0 aliphatic carbocycles. The Bertz CT molecular complexity index is 2390. The molecule has 0 aliphatic rings. The minimum atomic E-state index is -2.03. The summed E-state index contributed by atoms with van der Waals surface area (Å²) in [4.78, 5) is 4.76. The Kier molecular flexibility index (Phi) is 9.39. The van der Waals surface area contributed by atoms with Crippen molar-refractivity contribution in [2.24, 2.45) is 0 Å². The van der Waals surface area contributed by atoms with Crippen LogP contribution in [0.25, 0.3) is 32.3 Å². The summed E-state index contributed by atoms with van der Waals surface area (Å²) in [6.45, 7) is 0. The quantitative estimate of drug-likeness (QED) is 0.101. The summed E-state index contributed by atoms with van der Waals surface area (Å²) >= 11 is -4.05. The summed E-state index contributed by atoms with van der Waals surface area (Å²) in [5.74, 6) is 16.3. The van der Waals surface area contributed by atoms with Gasteiger partial charge < -0.3 is 0 Å². The van der Waals surface area contributed by atoms with Crippen molar-refractivity contribution in [3.05, 3.63) is 146 Å². The average molecular weight is 830 g/mol. The molecule has 270 valence electrons. The molecule has 0 spiro atoms. The molecule has 8 aromatic carbocycles. The normalized spacial score (nSPS) is 12.1. The Hall–Kier alpha value is -4.91. The fourth-order valence-electron chi connectivity index (χ4n) is 7.83. The van der Waals surface area contributed by atoms with Gasteiger partial charge in [-0.25, -0.2) is 0 Å². The standard InChI is InChI=1S/C48H48Ge2N2O2/c1-49(2,3)33-19-23-37(24-20-33)51(35-15-11-9-12-16-35)43-31-45(53-7)41-30-28-40-44(32-46(54-8)42-29-27-39(43)47(41)48(40)42)52(36-17-13-10-14-18-36)38-25-21-34(22-26-38)50(4,5)6/h9-32H,1-8H3. The maximum atomic E-state index is 6.25. The first-order chi connectivity index (χ1) is 26.0. The molecule has 0 amide bonds. The van der Waals surface area contributed by atoms with E-state index in [0.29, 0.717) is 0 Å². The molecule has 0 saturated heterocycles. The Labute approximate surface area is 325 Å². The fraction of sp³-hybridized carbons (Fsp3) is 0.167. The summed E-state index contributed by atoms with van der Waals surface area (Å²) in [6.07, 6.45) is 0. The van der Waals surface area contributed by atoms with Gasteiger partial charge in [-0.3, -0.25) is 0 Å². The van der Waals surface area contributed by atoms with E-state index < -0.39 is 26.5 Å². The number of rotatable bonds is 10. The molecule has 6 heteroatoms. The van der Waals surface area contributed by atoms with Gasteiger partial charge >= 0.3 is 327 Å². The van der Waals surface area contributed by atoms with Gasteiger partial charge in [0.05, 0.1) is 0 Å². The molecule has 4 nitrogen and oxygen atoms in total. The summed E-state index contributed by atoms with van der Waals surface area (Å²) in [6, 6.07) is 53.3. The third-order valence-corrected chi connectivity index (χ3v) is 19.4. The van der Waals surface area contributed by atoms with Gasteiger partial charge in [-0.15, -0.1) is 0 Å². The fourth-order valence-corrected chi connectivity index (χ4v) is 12.7. The summed E-state index contributed by atoms with van der Waals surface area (Å²) in [7, 11) is 3.56. The predicted molar refractivity (Wildman–Crippen MR) is 239 cm³/mol. The van der Waals surface area contributed by atoms with Gasteiger partial charge in [-0.1, -0.05) is 0 Å². The molecule has 0 heterocycles. The van der Waals surface area contributed by atoms with Gasteiger partial charge in [0, 0.05) is 0 Å². The first kappa shape index (κ1) is 36.1. The first-order valence-electron chi connectivity index (χ1n) is 18.8. The van der Waals surface area contributed by atoms with E-state index in [0.717, 1.165) is 77.9 Å². The average Bonchev–Trinajstić information content (AvgIpc) is 3.18. The summed E-state index contributed by atoms with van der Waals surface area (Å²) < 4.78 is 15.5. The zero-order chi connectivity index (χ0) is 37.8. The molecule has 8 rings (SSSR count). The van der Waals surface area contributed by atoms with Crippen molar-refractivity contribution in [3.63, 3.8) is 0 Å². The van der Waals surface area contributed by atoms with Gasteiger partial charge in [0.25, 0.3) is 0 Å². The number of ether oxygens (including phenoxy) is 2. The van der Waals surface area contributed by atoms with Crippen molar-refractivity contribution in [1.29, 1.82) is 0 Å². The van der Waals surface area contributed by atoms with Gasteiger partial charge in [0.2, 0.25) is 0 Å². The van der Waals surface area contributed by atoms with Gasteiger partial charge in [0.15, 0.2) is 0 Å². The second kappa shape index (κ2) is 14.1. The van der Waals surface area contributed by atoms with Crippen molar-refractivity contribution in [2.75, 3.05) is 24.0 Å². The molecular formula is C48H48Ge2N2O2. The molecule has 0 aromatic heterocycles. The van der Waals surface area contributed by atoms with Gasteiger partial charge in [-0.2, -0.15) is 0 Å². The Morgan fingerprint density at radius 1 is 0.370 bits per heavy atom. The van der Waals surface area contributed by atoms with E-state index in [1.807, 2.05) is 0 Å². The summed E-state index contributed by atoms with van der Waals surface area (Å²) in [5.41, 5.74) is 6.55. The predicted octanol–water partition coefficient (Wildman–Crippen LogP) is 12.6. The van der Waals surface area contributed by atoms with Crippen LogP contribution in [0, 0.1) is 0 Å². The van der Waals surface area contributed by atoms with Crippen LogP contribution < -0.4 is 28.1 Å². The van der Waals surface area contributed by atoms with Crippen molar-refractivity contribution in [1.82, 2.24) is 0 Å². The second-order valence-corrected chi connectivity index (χ2v) is 37.5. The number of anilines is 6. The van der Waals surface area contributed by atoms with Crippen molar-refractivity contribution in [2.45, 2.75) is 34.5 Å². The minimum absolute atomic E-state index is 0.835. The van der Waals surface area contributed by atoms with Crippen LogP contribution >= 0.6 is 0 Å². The van der Waals surface area contributed by atoms with Crippen LogP contribution in [0.2, 0.25) is 34.5 Å². The Balaban J connectivity index is 1.44. The third-order valence-electron chi connectivity index (χ3n) is 10.7. The monoisotopic (exact) mass is 832 g/mol. The van der Waals surface area contributed by atoms with Crippen LogP contribution in [0.5, 0.6) is 11.5 Å². The van der Waals surface area contributed by atoms with E-state index in [-0.39, 0.29) is 0 Å². The number of methoxy groups -OCH3 is 2. The Morgan fingerprint density at radius 2 is 0.685 bits per heavy atom. The zero-order valence-electron chi connectivity index (χ0n) is 32.6. The van der Waals surface area contributed by atoms with E-state index in [1.165, 1.54) is 8.79 Å². The zero-order valence-corrected chi connectivity index (χ0v) is 36.8. The molecule has 8 aromatic rings. The van der Waals surface area contributed by atoms with Crippen LogP contribution in [0.3, 0.4) is 0 Å². The van der Waals surface area contributed by atoms with E-state index in [2.05, 4.69) is 190 Å². The van der Waals surface area contributed by atoms with E-state index >= 15 is 0 Å². The topological polar surface area (TPSA) is 24.9 Å². The second-order valence-electron chi connectivity index (χ2n) is 16.2. The van der Waals surface area contributed by atoms with Crippen LogP contribution in [-0.4, -0.2) is 40.8 Å². The maximum absolute atomic E-state index is 6.25. The van der Waals surface area contributed by atoms with Crippen molar-refractivity contribution < 1.29 is 9.47 Å². The molecule has 0 atom stereocenters. The molecule has 0 bridgehead atoms. The van der Waals surface area contributed by atoms with E-state index in [9.17, 15) is 0 Å². The SMILES string of the molecule is COc1cc(N(c2ccccc2)c2cc[c]([Ge]([CH3])([CH3])[CH3])cc2)c2ccc3c(OC)cc(N(c4ccccc4)c4cc[c]([Ge]([CH3])([CH3])[CH3])cc4)c4ccc1c2c34. The molecule has 0 unspecified atom stereocenters. The van der Waals surface area contributed by atoms with Crippen LogP contribution in [-0.2, 0) is 0 Å². The van der Waals surface area contributed by atoms with Crippen LogP contribution in [0.4, 0.5) is 34.1 Å². The third kappa shape index (κ3) is 6.39. The number of hydrogen-bond acceptors (Lipinski definition) is 4. The Morgan fingerprint density at radius 3 is 1.00 bits per heavy atom. The van der Waals surface area contributed by atoms with E-state index in [1.54, 1.807) is 14.2 Å². The molecule has 54 heavy (non-hydrogen) atoms. The number of benzene rings is 8. The first-order valence-corrected chi connectivity index (χ1v) is 33.4. The molecule has 0 radical (unpaired) electrons. The van der Waals surface area contributed by atoms with Crippen molar-refractivity contribution in [3.8, 4) is 11.5 Å². The molecule has 0 N–H and O–H groups in total. The van der Waals surface area contributed by atoms with Crippen molar-refractivity contribution >= 4 is 102 Å². The summed E-state index contributed by atoms with van der Waals surface area (Å²) in [5, 5.41) is 6.77. The van der Waals surface area contributed by atoms with Gasteiger partial charge in [-0.05, 0) is 0 Å². The molecule has 0 aliphatic heterocycles. The van der Waals surface area contributed by atoms with Gasteiger partial charge in [0.1, 0.15) is 0 Å². The van der Waals surface area contributed by atoms with E-state index in [4.69, 9.17) is 9.47 Å². The van der Waals surface area contributed by atoms with Crippen LogP contribution in [0.15, 0.2) is 146 Å². The molecule has 0 saturated carbocycles. The molecular weight excluding hydrogens is 782 g/mol. The molecule has 0 fully saturated rings. The number of para-hydroxylation sites is 2.